The Hall–Kier alpha value is -1.74. The fraction of sp³-hybridized carbons (Fsp3) is 0.267. The average molecular weight is 243 g/mol. The number of benzene rings is 1. The lowest BCUT2D eigenvalue weighted by Crippen LogP contribution is -2.26. The van der Waals surface area contributed by atoms with Crippen LogP contribution in [0.2, 0.25) is 0 Å². The molecule has 0 saturated carbocycles. The van der Waals surface area contributed by atoms with Gasteiger partial charge in [-0.05, 0) is 42.2 Å². The Kier molecular flexibility index (Phi) is 2.84. The molecule has 2 aromatic rings. The van der Waals surface area contributed by atoms with Crippen molar-refractivity contribution in [3.8, 4) is 0 Å². The van der Waals surface area contributed by atoms with Gasteiger partial charge in [0.05, 0.1) is 6.10 Å². The van der Waals surface area contributed by atoms with Gasteiger partial charge in [0.2, 0.25) is 0 Å². The summed E-state index contributed by atoms with van der Waals surface area (Å²) in [5, 5.41) is 10.2. The monoisotopic (exact) mass is 243 g/mol. The van der Waals surface area contributed by atoms with E-state index in [-0.39, 0.29) is 11.7 Å². The van der Waals surface area contributed by atoms with Gasteiger partial charge in [-0.15, -0.1) is 0 Å². The first-order valence-corrected chi connectivity index (χ1v) is 6.13. The number of pyridine rings is 1. The highest BCUT2D eigenvalue weighted by atomic mass is 19.1. The second-order valence-corrected chi connectivity index (χ2v) is 4.67. The Morgan fingerprint density at radius 2 is 1.94 bits per heavy atom. The molecule has 2 nitrogen and oxygen atoms in total. The second-order valence-electron chi connectivity index (χ2n) is 4.67. The van der Waals surface area contributed by atoms with E-state index in [1.54, 1.807) is 18.3 Å². The lowest BCUT2D eigenvalue weighted by atomic mass is 9.79. The number of nitrogens with zero attached hydrogens (tertiary/aromatic N) is 1. The van der Waals surface area contributed by atoms with Gasteiger partial charge in [0.25, 0.3) is 0 Å². The molecule has 0 radical (unpaired) electrons. The van der Waals surface area contributed by atoms with Crippen LogP contribution < -0.4 is 0 Å². The Balaban J connectivity index is 2.07. The largest absolute Gasteiger partial charge is 0.392 e. The lowest BCUT2D eigenvalue weighted by Gasteiger charge is -2.29. The van der Waals surface area contributed by atoms with E-state index in [0.29, 0.717) is 6.42 Å². The first-order chi connectivity index (χ1) is 8.75. The first kappa shape index (κ1) is 11.4. The van der Waals surface area contributed by atoms with Crippen molar-refractivity contribution in [2.75, 3.05) is 0 Å². The molecule has 1 unspecified atom stereocenters. The van der Waals surface area contributed by atoms with Crippen LogP contribution in [0.5, 0.6) is 0 Å². The fourth-order valence-electron chi connectivity index (χ4n) is 2.67. The molecule has 1 aromatic heterocycles. The molecule has 0 aliphatic heterocycles. The molecule has 0 fully saturated rings. The van der Waals surface area contributed by atoms with Crippen molar-refractivity contribution in [3.05, 3.63) is 65.2 Å². The van der Waals surface area contributed by atoms with Crippen LogP contribution in [-0.4, -0.2) is 16.2 Å². The molecular formula is C15H14FNO. The van der Waals surface area contributed by atoms with Crippen molar-refractivity contribution >= 4 is 0 Å². The van der Waals surface area contributed by atoms with Crippen LogP contribution in [-0.2, 0) is 6.42 Å². The van der Waals surface area contributed by atoms with Gasteiger partial charge in [-0.2, -0.15) is 0 Å². The van der Waals surface area contributed by atoms with E-state index in [4.69, 9.17) is 0 Å². The van der Waals surface area contributed by atoms with Gasteiger partial charge in [0.15, 0.2) is 0 Å². The topological polar surface area (TPSA) is 33.1 Å². The normalized spacial score (nSPS) is 22.6. The standard InChI is InChI=1S/C15H14FNO/c16-11-5-3-10(4-6-11)15-12-2-1-9-17-13(12)7-8-14(15)18/h1-6,9,14-15,18H,7-8H2/t14?,15-/m0/s1. The highest BCUT2D eigenvalue weighted by Gasteiger charge is 2.29. The zero-order chi connectivity index (χ0) is 12.5. The van der Waals surface area contributed by atoms with Gasteiger partial charge < -0.3 is 5.11 Å². The van der Waals surface area contributed by atoms with Crippen LogP contribution in [0.3, 0.4) is 0 Å². The summed E-state index contributed by atoms with van der Waals surface area (Å²) in [6.07, 6.45) is 2.85. The van der Waals surface area contributed by atoms with Crippen LogP contribution in [0.4, 0.5) is 4.39 Å². The van der Waals surface area contributed by atoms with Gasteiger partial charge in [0, 0.05) is 17.8 Å². The van der Waals surface area contributed by atoms with Crippen molar-refractivity contribution in [2.24, 2.45) is 0 Å². The molecule has 3 rings (SSSR count). The number of rotatable bonds is 1. The second kappa shape index (κ2) is 4.50. The third-order valence-electron chi connectivity index (χ3n) is 3.55. The summed E-state index contributed by atoms with van der Waals surface area (Å²) in [6.45, 7) is 0. The summed E-state index contributed by atoms with van der Waals surface area (Å²) >= 11 is 0. The molecule has 1 aliphatic carbocycles. The molecule has 0 spiro atoms. The summed E-state index contributed by atoms with van der Waals surface area (Å²) in [5.41, 5.74) is 3.04. The Labute approximate surface area is 105 Å². The first-order valence-electron chi connectivity index (χ1n) is 6.13. The molecule has 1 heterocycles. The molecule has 1 N–H and O–H groups in total. The van der Waals surface area contributed by atoms with E-state index in [0.717, 1.165) is 23.2 Å². The number of aromatic nitrogens is 1. The third kappa shape index (κ3) is 1.91. The molecular weight excluding hydrogens is 229 g/mol. The molecule has 2 atom stereocenters. The predicted octanol–water partition coefficient (Wildman–Crippen LogP) is 2.66. The molecule has 18 heavy (non-hydrogen) atoms. The summed E-state index contributed by atoms with van der Waals surface area (Å²) in [7, 11) is 0. The average Bonchev–Trinajstić information content (AvgIpc) is 2.40. The van der Waals surface area contributed by atoms with E-state index in [2.05, 4.69) is 4.98 Å². The molecule has 1 aliphatic rings. The van der Waals surface area contributed by atoms with Crippen molar-refractivity contribution in [1.29, 1.82) is 0 Å². The molecule has 0 saturated heterocycles. The highest BCUT2D eigenvalue weighted by molar-refractivity contribution is 5.38. The summed E-state index contributed by atoms with van der Waals surface area (Å²) in [6, 6.07) is 10.2. The van der Waals surface area contributed by atoms with Crippen LogP contribution in [0.25, 0.3) is 0 Å². The minimum atomic E-state index is -0.424. The lowest BCUT2D eigenvalue weighted by molar-refractivity contribution is 0.139. The predicted molar refractivity (Wildman–Crippen MR) is 66.8 cm³/mol. The third-order valence-corrected chi connectivity index (χ3v) is 3.55. The van der Waals surface area contributed by atoms with E-state index in [1.165, 1.54) is 12.1 Å². The minimum Gasteiger partial charge on any atom is -0.392 e. The Morgan fingerprint density at radius 3 is 2.72 bits per heavy atom. The van der Waals surface area contributed by atoms with Crippen molar-refractivity contribution in [3.63, 3.8) is 0 Å². The van der Waals surface area contributed by atoms with Crippen molar-refractivity contribution < 1.29 is 9.50 Å². The zero-order valence-electron chi connectivity index (χ0n) is 9.88. The maximum absolute atomic E-state index is 13.0. The molecule has 0 bridgehead atoms. The molecule has 3 heteroatoms. The summed E-state index contributed by atoms with van der Waals surface area (Å²) in [4.78, 5) is 4.36. The SMILES string of the molecule is OC1CCc2ncccc2[C@@H]1c1ccc(F)cc1. The smallest absolute Gasteiger partial charge is 0.123 e. The van der Waals surface area contributed by atoms with Gasteiger partial charge in [0.1, 0.15) is 5.82 Å². The number of halogens is 1. The zero-order valence-corrected chi connectivity index (χ0v) is 9.88. The van der Waals surface area contributed by atoms with E-state index < -0.39 is 6.10 Å². The van der Waals surface area contributed by atoms with E-state index >= 15 is 0 Å². The molecule has 0 amide bonds. The maximum atomic E-state index is 13.0. The van der Waals surface area contributed by atoms with Crippen molar-refractivity contribution in [2.45, 2.75) is 24.9 Å². The number of aliphatic hydroxyl groups excluding tert-OH is 1. The van der Waals surface area contributed by atoms with Crippen LogP contribution in [0.15, 0.2) is 42.6 Å². The van der Waals surface area contributed by atoms with Gasteiger partial charge in [-0.1, -0.05) is 18.2 Å². The van der Waals surface area contributed by atoms with Crippen LogP contribution >= 0.6 is 0 Å². The fourth-order valence-corrected chi connectivity index (χ4v) is 2.67. The van der Waals surface area contributed by atoms with Gasteiger partial charge >= 0.3 is 0 Å². The number of aliphatic hydroxyl groups is 1. The quantitative estimate of drug-likeness (QED) is 0.835. The van der Waals surface area contributed by atoms with Crippen LogP contribution in [0, 0.1) is 5.82 Å². The minimum absolute atomic E-state index is 0.0944. The van der Waals surface area contributed by atoms with E-state index in [1.807, 2.05) is 12.1 Å². The summed E-state index contributed by atoms with van der Waals surface area (Å²) in [5.74, 6) is -0.349. The van der Waals surface area contributed by atoms with Crippen molar-refractivity contribution in [1.82, 2.24) is 4.98 Å². The molecule has 92 valence electrons. The van der Waals surface area contributed by atoms with Crippen LogP contribution in [0.1, 0.15) is 29.2 Å². The number of hydrogen-bond donors (Lipinski definition) is 1. The number of aryl methyl sites for hydroxylation is 1. The highest BCUT2D eigenvalue weighted by Crippen LogP contribution is 2.35. The molecule has 1 aromatic carbocycles. The number of fused-ring (bicyclic) bond motifs is 1. The van der Waals surface area contributed by atoms with Gasteiger partial charge in [-0.3, -0.25) is 4.98 Å². The maximum Gasteiger partial charge on any atom is 0.123 e. The van der Waals surface area contributed by atoms with Gasteiger partial charge in [-0.25, -0.2) is 4.39 Å². The van der Waals surface area contributed by atoms with E-state index in [9.17, 15) is 9.50 Å². The Morgan fingerprint density at radius 1 is 1.17 bits per heavy atom. The summed E-state index contributed by atoms with van der Waals surface area (Å²) < 4.78 is 13.0. The number of hydrogen-bond acceptors (Lipinski definition) is 2. The Bertz CT molecular complexity index is 553.